The van der Waals surface area contributed by atoms with Crippen molar-refractivity contribution in [1.29, 1.82) is 0 Å². The van der Waals surface area contributed by atoms with Crippen LogP contribution in [0.15, 0.2) is 13.6 Å². The highest BCUT2D eigenvalue weighted by molar-refractivity contribution is 8.15. The standard InChI is InChI=1S/C15H20O8S2/c1-8-10(23-13(18)22-8)6-21-14(19)25-15(2,3)11(16)5-9(7-24)12(17)20-4/h9,24H,5-7H2,1-4H3/t9-/m0/s1. The van der Waals surface area contributed by atoms with Crippen LogP contribution in [0.2, 0.25) is 0 Å². The first-order chi connectivity index (χ1) is 11.6. The van der Waals surface area contributed by atoms with Gasteiger partial charge in [0.2, 0.25) is 0 Å². The zero-order valence-electron chi connectivity index (χ0n) is 14.3. The normalized spacial score (nSPS) is 12.5. The summed E-state index contributed by atoms with van der Waals surface area (Å²) in [6.45, 7) is 4.32. The molecule has 140 valence electrons. The number of esters is 1. The van der Waals surface area contributed by atoms with Gasteiger partial charge in [0.05, 0.1) is 17.8 Å². The zero-order valence-corrected chi connectivity index (χ0v) is 16.0. The van der Waals surface area contributed by atoms with Gasteiger partial charge in [0, 0.05) is 12.2 Å². The molecule has 1 atom stereocenters. The van der Waals surface area contributed by atoms with Gasteiger partial charge in [0.15, 0.2) is 18.1 Å². The van der Waals surface area contributed by atoms with Crippen LogP contribution in [0.5, 0.6) is 0 Å². The largest absolute Gasteiger partial charge is 0.519 e. The Morgan fingerprint density at radius 2 is 1.92 bits per heavy atom. The molecule has 0 bridgehead atoms. The number of rotatable bonds is 8. The number of Topliss-reactive ketones (excluding diaryl/α,β-unsaturated/α-hetero) is 1. The minimum Gasteiger partial charge on any atom is -0.469 e. The first kappa shape index (κ1) is 21.4. The molecular formula is C15H20O8S2. The topological polar surface area (TPSA) is 113 Å². The van der Waals surface area contributed by atoms with Crippen LogP contribution in [0.1, 0.15) is 31.8 Å². The molecular weight excluding hydrogens is 372 g/mol. The third-order valence-electron chi connectivity index (χ3n) is 3.35. The van der Waals surface area contributed by atoms with E-state index in [1.807, 2.05) is 0 Å². The fourth-order valence-corrected chi connectivity index (χ4v) is 2.79. The summed E-state index contributed by atoms with van der Waals surface area (Å²) in [6.07, 6.45) is -0.0980. The number of thioether (sulfide) groups is 1. The minimum absolute atomic E-state index is 0.0980. The van der Waals surface area contributed by atoms with Gasteiger partial charge >= 0.3 is 17.1 Å². The molecule has 0 saturated heterocycles. The van der Waals surface area contributed by atoms with E-state index >= 15 is 0 Å². The molecule has 0 spiro atoms. The van der Waals surface area contributed by atoms with Crippen molar-refractivity contribution in [2.24, 2.45) is 5.92 Å². The Labute approximate surface area is 154 Å². The Morgan fingerprint density at radius 1 is 1.28 bits per heavy atom. The Kier molecular flexibility index (Phi) is 7.81. The Balaban J connectivity index is 2.61. The highest BCUT2D eigenvalue weighted by Crippen LogP contribution is 2.30. The lowest BCUT2D eigenvalue weighted by Crippen LogP contribution is -2.33. The van der Waals surface area contributed by atoms with Crippen molar-refractivity contribution >= 4 is 41.4 Å². The van der Waals surface area contributed by atoms with Gasteiger partial charge in [-0.15, -0.1) is 0 Å². The van der Waals surface area contributed by atoms with E-state index in [4.69, 9.17) is 9.15 Å². The van der Waals surface area contributed by atoms with E-state index in [1.165, 1.54) is 14.0 Å². The molecule has 0 amide bonds. The van der Waals surface area contributed by atoms with Crippen LogP contribution in [0.3, 0.4) is 0 Å². The highest BCUT2D eigenvalue weighted by atomic mass is 32.2. The van der Waals surface area contributed by atoms with Crippen molar-refractivity contribution in [1.82, 2.24) is 0 Å². The molecule has 0 aromatic carbocycles. The first-order valence-corrected chi connectivity index (χ1v) is 8.72. The van der Waals surface area contributed by atoms with E-state index < -0.39 is 27.8 Å². The number of ether oxygens (including phenoxy) is 2. The lowest BCUT2D eigenvalue weighted by atomic mass is 9.97. The molecule has 0 radical (unpaired) electrons. The summed E-state index contributed by atoms with van der Waals surface area (Å²) in [5.74, 6) is -1.94. The number of hydrogen-bond donors (Lipinski definition) is 1. The Hall–Kier alpha value is -1.68. The number of thiol groups is 1. The van der Waals surface area contributed by atoms with Gasteiger partial charge in [0.25, 0.3) is 0 Å². The van der Waals surface area contributed by atoms with Gasteiger partial charge < -0.3 is 18.3 Å². The molecule has 8 nitrogen and oxygen atoms in total. The average Bonchev–Trinajstić information content (AvgIpc) is 2.86. The second-order valence-electron chi connectivity index (χ2n) is 5.61. The Morgan fingerprint density at radius 3 is 2.40 bits per heavy atom. The van der Waals surface area contributed by atoms with Crippen LogP contribution in [0.25, 0.3) is 0 Å². The van der Waals surface area contributed by atoms with Crippen molar-refractivity contribution in [3.8, 4) is 0 Å². The fraction of sp³-hybridized carbons (Fsp3) is 0.600. The molecule has 0 aliphatic carbocycles. The second kappa shape index (κ2) is 9.14. The van der Waals surface area contributed by atoms with Crippen molar-refractivity contribution in [2.75, 3.05) is 12.9 Å². The summed E-state index contributed by atoms with van der Waals surface area (Å²) < 4.78 is 17.8. The molecule has 0 fully saturated rings. The van der Waals surface area contributed by atoms with Gasteiger partial charge in [-0.25, -0.2) is 9.59 Å². The van der Waals surface area contributed by atoms with Crippen molar-refractivity contribution in [3.63, 3.8) is 0 Å². The van der Waals surface area contributed by atoms with E-state index in [1.54, 1.807) is 13.8 Å². The van der Waals surface area contributed by atoms with E-state index in [2.05, 4.69) is 21.8 Å². The molecule has 1 rings (SSSR count). The number of hydrogen-bond acceptors (Lipinski definition) is 10. The van der Waals surface area contributed by atoms with E-state index in [0.29, 0.717) is 11.8 Å². The van der Waals surface area contributed by atoms with Crippen LogP contribution >= 0.6 is 24.4 Å². The predicted octanol–water partition coefficient (Wildman–Crippen LogP) is 2.37. The lowest BCUT2D eigenvalue weighted by Gasteiger charge is -2.22. The number of carbonyl (C=O) groups is 3. The van der Waals surface area contributed by atoms with E-state index in [-0.39, 0.29) is 36.1 Å². The van der Waals surface area contributed by atoms with Crippen LogP contribution in [0.4, 0.5) is 4.79 Å². The van der Waals surface area contributed by atoms with Crippen molar-refractivity contribution < 1.29 is 32.7 Å². The zero-order chi connectivity index (χ0) is 19.2. The second-order valence-corrected chi connectivity index (χ2v) is 7.54. The maximum Gasteiger partial charge on any atom is 0.519 e. The molecule has 10 heteroatoms. The molecule has 0 N–H and O–H groups in total. The molecule has 1 aromatic heterocycles. The molecule has 25 heavy (non-hydrogen) atoms. The van der Waals surface area contributed by atoms with E-state index in [0.717, 1.165) is 0 Å². The summed E-state index contributed by atoms with van der Waals surface area (Å²) in [4.78, 5) is 46.8. The Bertz CT molecular complexity index is 688. The molecule has 0 saturated carbocycles. The maximum absolute atomic E-state index is 12.4. The number of methoxy groups -OCH3 is 1. The summed E-state index contributed by atoms with van der Waals surface area (Å²) in [7, 11) is 1.23. The van der Waals surface area contributed by atoms with Gasteiger partial charge in [-0.1, -0.05) is 0 Å². The minimum atomic E-state index is -1.11. The van der Waals surface area contributed by atoms with Crippen LogP contribution < -0.4 is 5.82 Å². The number of ketones is 1. The lowest BCUT2D eigenvalue weighted by molar-refractivity contribution is -0.146. The summed E-state index contributed by atoms with van der Waals surface area (Å²) in [6, 6.07) is 0. The quantitative estimate of drug-likeness (QED) is 0.526. The predicted molar refractivity (Wildman–Crippen MR) is 92.8 cm³/mol. The van der Waals surface area contributed by atoms with E-state index in [9.17, 15) is 19.2 Å². The monoisotopic (exact) mass is 392 g/mol. The van der Waals surface area contributed by atoms with Gasteiger partial charge in [-0.05, 0) is 32.5 Å². The summed E-state index contributed by atoms with van der Waals surface area (Å²) in [5.41, 5.74) is 0. The molecule has 1 heterocycles. The molecule has 1 aromatic rings. The summed E-state index contributed by atoms with van der Waals surface area (Å²) >= 11 is 4.71. The third kappa shape index (κ3) is 6.28. The van der Waals surface area contributed by atoms with Crippen LogP contribution in [0, 0.1) is 12.8 Å². The average molecular weight is 392 g/mol. The first-order valence-electron chi connectivity index (χ1n) is 7.27. The third-order valence-corrected chi connectivity index (χ3v) is 4.82. The maximum atomic E-state index is 12.4. The number of carbonyl (C=O) groups excluding carboxylic acids is 3. The SMILES string of the molecule is COC(=O)[C@H](CS)CC(=O)C(C)(C)SC(=O)OCc1oc(=O)oc1C. The van der Waals surface area contributed by atoms with Gasteiger partial charge in [-0.2, -0.15) is 12.6 Å². The fourth-order valence-electron chi connectivity index (χ4n) is 1.78. The van der Waals surface area contributed by atoms with Crippen LogP contribution in [-0.2, 0) is 25.7 Å². The van der Waals surface area contributed by atoms with Crippen molar-refractivity contribution in [3.05, 3.63) is 22.1 Å². The highest BCUT2D eigenvalue weighted by Gasteiger charge is 2.35. The van der Waals surface area contributed by atoms with Gasteiger partial charge in [-0.3, -0.25) is 9.59 Å². The van der Waals surface area contributed by atoms with Crippen LogP contribution in [-0.4, -0.2) is 34.7 Å². The smallest absolute Gasteiger partial charge is 0.469 e. The number of aryl methyl sites for hydroxylation is 1. The van der Waals surface area contributed by atoms with Gasteiger partial charge in [0.1, 0.15) is 5.78 Å². The molecule has 0 aliphatic heterocycles. The van der Waals surface area contributed by atoms with Crippen molar-refractivity contribution in [2.45, 2.75) is 38.5 Å². The molecule has 0 aliphatic rings. The molecule has 0 unspecified atom stereocenters. The summed E-state index contributed by atoms with van der Waals surface area (Å²) in [5, 5.41) is -0.720.